The number of halogens is 2. The maximum Gasteiger partial charge on any atom is 0.121 e. The lowest BCUT2D eigenvalue weighted by atomic mass is 10.2. The fourth-order valence-corrected chi connectivity index (χ4v) is 2.41. The standard InChI is InChI=1S/C14H14Cl2N2O/c1-8-5-10(3-4-13(8)19-2)18-14-11(15)6-9(17)7-12(14)16/h3-7,18H,17H2,1-2H3. The average Bonchev–Trinajstić information content (AvgIpc) is 2.34. The van der Waals surface area contributed by atoms with Crippen LogP contribution in [0.25, 0.3) is 0 Å². The predicted molar refractivity (Wildman–Crippen MR) is 81.9 cm³/mol. The van der Waals surface area contributed by atoms with Gasteiger partial charge in [-0.1, -0.05) is 23.2 Å². The molecule has 0 saturated heterocycles. The molecule has 2 aromatic carbocycles. The molecule has 0 aliphatic heterocycles. The van der Waals surface area contributed by atoms with Crippen molar-refractivity contribution in [2.45, 2.75) is 6.92 Å². The zero-order valence-corrected chi connectivity index (χ0v) is 12.1. The minimum atomic E-state index is 0.485. The molecule has 0 aromatic heterocycles. The van der Waals surface area contributed by atoms with Gasteiger partial charge in [-0.15, -0.1) is 0 Å². The van der Waals surface area contributed by atoms with Gasteiger partial charge in [0.1, 0.15) is 5.75 Å². The van der Waals surface area contributed by atoms with E-state index in [-0.39, 0.29) is 0 Å². The third-order valence-electron chi connectivity index (χ3n) is 2.73. The number of hydrogen-bond donors (Lipinski definition) is 2. The van der Waals surface area contributed by atoms with Crippen LogP contribution in [0, 0.1) is 6.92 Å². The highest BCUT2D eigenvalue weighted by atomic mass is 35.5. The number of nitrogens with two attached hydrogens (primary N) is 1. The van der Waals surface area contributed by atoms with Gasteiger partial charge in [-0.05, 0) is 42.8 Å². The maximum atomic E-state index is 6.13. The zero-order chi connectivity index (χ0) is 14.0. The van der Waals surface area contributed by atoms with Crippen molar-refractivity contribution in [3.63, 3.8) is 0 Å². The van der Waals surface area contributed by atoms with Gasteiger partial charge in [-0.3, -0.25) is 0 Å². The molecule has 0 atom stereocenters. The summed E-state index contributed by atoms with van der Waals surface area (Å²) in [5.41, 5.74) is 8.75. The molecule has 0 bridgehead atoms. The number of nitrogen functional groups attached to an aromatic ring is 1. The molecular weight excluding hydrogens is 283 g/mol. The van der Waals surface area contributed by atoms with Crippen LogP contribution in [-0.2, 0) is 0 Å². The Morgan fingerprint density at radius 1 is 1.11 bits per heavy atom. The molecule has 3 nitrogen and oxygen atoms in total. The Labute approximate surface area is 122 Å². The smallest absolute Gasteiger partial charge is 0.121 e. The van der Waals surface area contributed by atoms with Crippen LogP contribution >= 0.6 is 23.2 Å². The fraction of sp³-hybridized carbons (Fsp3) is 0.143. The van der Waals surface area contributed by atoms with E-state index in [9.17, 15) is 0 Å². The Hall–Kier alpha value is -1.58. The largest absolute Gasteiger partial charge is 0.496 e. The van der Waals surface area contributed by atoms with Crippen LogP contribution in [0.1, 0.15) is 5.56 Å². The summed E-state index contributed by atoms with van der Waals surface area (Å²) in [7, 11) is 1.64. The molecule has 2 rings (SSSR count). The topological polar surface area (TPSA) is 47.3 Å². The van der Waals surface area contributed by atoms with Crippen LogP contribution in [0.4, 0.5) is 17.1 Å². The molecule has 0 unspecified atom stereocenters. The first kappa shape index (κ1) is 13.8. The molecule has 5 heteroatoms. The summed E-state index contributed by atoms with van der Waals surface area (Å²) in [4.78, 5) is 0. The third kappa shape index (κ3) is 3.06. The van der Waals surface area contributed by atoms with E-state index in [0.717, 1.165) is 17.0 Å². The number of methoxy groups -OCH3 is 1. The van der Waals surface area contributed by atoms with Crippen molar-refractivity contribution >= 4 is 40.3 Å². The van der Waals surface area contributed by atoms with Crippen LogP contribution in [0.2, 0.25) is 10.0 Å². The molecule has 100 valence electrons. The molecule has 0 heterocycles. The molecule has 0 radical (unpaired) electrons. The van der Waals surface area contributed by atoms with Gasteiger partial charge in [0, 0.05) is 11.4 Å². The van der Waals surface area contributed by atoms with Crippen molar-refractivity contribution in [1.82, 2.24) is 0 Å². The molecule has 0 aliphatic carbocycles. The number of hydrogen-bond acceptors (Lipinski definition) is 3. The lowest BCUT2D eigenvalue weighted by Crippen LogP contribution is -1.96. The lowest BCUT2D eigenvalue weighted by Gasteiger charge is -2.13. The van der Waals surface area contributed by atoms with E-state index < -0.39 is 0 Å². The summed E-state index contributed by atoms with van der Waals surface area (Å²) in [6.45, 7) is 1.97. The normalized spacial score (nSPS) is 10.3. The van der Waals surface area contributed by atoms with Crippen molar-refractivity contribution in [2.75, 3.05) is 18.2 Å². The van der Waals surface area contributed by atoms with Crippen LogP contribution < -0.4 is 15.8 Å². The van der Waals surface area contributed by atoms with Gasteiger partial charge in [-0.2, -0.15) is 0 Å². The molecular formula is C14H14Cl2N2O. The van der Waals surface area contributed by atoms with Gasteiger partial charge < -0.3 is 15.8 Å². The van der Waals surface area contributed by atoms with E-state index in [2.05, 4.69) is 5.32 Å². The van der Waals surface area contributed by atoms with Crippen LogP contribution in [-0.4, -0.2) is 7.11 Å². The fourth-order valence-electron chi connectivity index (χ4n) is 1.81. The Morgan fingerprint density at radius 2 is 1.74 bits per heavy atom. The number of ether oxygens (including phenoxy) is 1. The maximum absolute atomic E-state index is 6.13. The summed E-state index contributed by atoms with van der Waals surface area (Å²) in [6.07, 6.45) is 0. The molecule has 0 amide bonds. The van der Waals surface area contributed by atoms with E-state index in [1.165, 1.54) is 0 Å². The van der Waals surface area contributed by atoms with E-state index >= 15 is 0 Å². The first-order valence-corrected chi connectivity index (χ1v) is 6.43. The molecule has 2 aromatic rings. The molecule has 19 heavy (non-hydrogen) atoms. The van der Waals surface area contributed by atoms with Crippen molar-refractivity contribution in [3.8, 4) is 5.75 Å². The predicted octanol–water partition coefficient (Wildman–Crippen LogP) is 4.64. The first-order valence-electron chi connectivity index (χ1n) is 5.67. The molecule has 0 spiro atoms. The van der Waals surface area contributed by atoms with Gasteiger partial charge in [0.15, 0.2) is 0 Å². The van der Waals surface area contributed by atoms with E-state index in [1.807, 2.05) is 25.1 Å². The minimum Gasteiger partial charge on any atom is -0.496 e. The summed E-state index contributed by atoms with van der Waals surface area (Å²) in [6, 6.07) is 9.06. The SMILES string of the molecule is COc1ccc(Nc2c(Cl)cc(N)cc2Cl)cc1C. The second-order valence-electron chi connectivity index (χ2n) is 4.17. The van der Waals surface area contributed by atoms with Crippen LogP contribution in [0.15, 0.2) is 30.3 Å². The summed E-state index contributed by atoms with van der Waals surface area (Å²) in [5.74, 6) is 0.833. The number of benzene rings is 2. The zero-order valence-electron chi connectivity index (χ0n) is 10.6. The number of nitrogens with one attached hydrogen (secondary N) is 1. The molecule has 0 aliphatic rings. The van der Waals surface area contributed by atoms with Gasteiger partial charge in [0.2, 0.25) is 0 Å². The van der Waals surface area contributed by atoms with Gasteiger partial charge in [0.25, 0.3) is 0 Å². The van der Waals surface area contributed by atoms with Crippen LogP contribution in [0.5, 0.6) is 5.75 Å². The Morgan fingerprint density at radius 3 is 2.26 bits per heavy atom. The first-order chi connectivity index (χ1) is 9.01. The summed E-state index contributed by atoms with van der Waals surface area (Å²) in [5, 5.41) is 4.15. The molecule has 0 saturated carbocycles. The minimum absolute atomic E-state index is 0.485. The lowest BCUT2D eigenvalue weighted by molar-refractivity contribution is 0.412. The number of rotatable bonds is 3. The summed E-state index contributed by atoms with van der Waals surface area (Å²) >= 11 is 12.3. The average molecular weight is 297 g/mol. The Bertz CT molecular complexity index is 591. The van der Waals surface area contributed by atoms with E-state index in [0.29, 0.717) is 21.4 Å². The van der Waals surface area contributed by atoms with Gasteiger partial charge in [0.05, 0.1) is 22.8 Å². The summed E-state index contributed by atoms with van der Waals surface area (Å²) < 4.78 is 5.22. The van der Waals surface area contributed by atoms with E-state index in [4.69, 9.17) is 33.7 Å². The second kappa shape index (κ2) is 5.59. The Kier molecular flexibility index (Phi) is 4.08. The third-order valence-corrected chi connectivity index (χ3v) is 3.32. The van der Waals surface area contributed by atoms with Crippen molar-refractivity contribution < 1.29 is 4.74 Å². The highest BCUT2D eigenvalue weighted by Crippen LogP contribution is 2.35. The quantitative estimate of drug-likeness (QED) is 0.812. The van der Waals surface area contributed by atoms with Crippen LogP contribution in [0.3, 0.4) is 0 Å². The number of aryl methyl sites for hydroxylation is 1. The monoisotopic (exact) mass is 296 g/mol. The van der Waals surface area contributed by atoms with Crippen molar-refractivity contribution in [3.05, 3.63) is 45.9 Å². The molecule has 3 N–H and O–H groups in total. The van der Waals surface area contributed by atoms with Crippen molar-refractivity contribution in [1.29, 1.82) is 0 Å². The van der Waals surface area contributed by atoms with Gasteiger partial charge in [-0.25, -0.2) is 0 Å². The van der Waals surface area contributed by atoms with Gasteiger partial charge >= 0.3 is 0 Å². The highest BCUT2D eigenvalue weighted by Gasteiger charge is 2.08. The Balaban J connectivity index is 2.34. The second-order valence-corrected chi connectivity index (χ2v) is 4.98. The van der Waals surface area contributed by atoms with Crippen molar-refractivity contribution in [2.24, 2.45) is 0 Å². The number of anilines is 3. The highest BCUT2D eigenvalue weighted by molar-refractivity contribution is 6.39. The molecule has 0 fully saturated rings. The van der Waals surface area contributed by atoms with E-state index in [1.54, 1.807) is 19.2 Å².